The number of anilines is 2. The van der Waals surface area contributed by atoms with Crippen LogP contribution in [0.2, 0.25) is 0 Å². The van der Waals surface area contributed by atoms with Crippen LogP contribution in [0.1, 0.15) is 10.4 Å². The monoisotopic (exact) mass is 340 g/mol. The lowest BCUT2D eigenvalue weighted by Gasteiger charge is -2.33. The molecule has 130 valence electrons. The Morgan fingerprint density at radius 3 is 2.72 bits per heavy atom. The molecule has 1 saturated heterocycles. The Labute approximate surface area is 146 Å². The molecule has 0 atom stereocenters. The Hall–Kier alpha value is -2.80. The standard InChI is InChI=1S/C18H20N4O3/c1-21-4-6-22(7-5-21)15-8-13(10-19-11-15)18(23)20-14-2-3-16-17(9-14)25-12-24-16/h2-3,8-11H,4-7,12H2,1H3,(H,20,23). The van der Waals surface area contributed by atoms with Crippen LogP contribution in [0, 0.1) is 0 Å². The Balaban J connectivity index is 1.48. The Morgan fingerprint density at radius 2 is 1.88 bits per heavy atom. The minimum absolute atomic E-state index is 0.192. The number of piperazine rings is 1. The van der Waals surface area contributed by atoms with Crippen molar-refractivity contribution >= 4 is 17.3 Å². The summed E-state index contributed by atoms with van der Waals surface area (Å²) in [6, 6.07) is 7.23. The van der Waals surface area contributed by atoms with Gasteiger partial charge in [0.2, 0.25) is 6.79 Å². The van der Waals surface area contributed by atoms with Gasteiger partial charge in [-0.05, 0) is 25.2 Å². The van der Waals surface area contributed by atoms with Crippen LogP contribution in [0.5, 0.6) is 11.5 Å². The van der Waals surface area contributed by atoms with Gasteiger partial charge in [-0.1, -0.05) is 0 Å². The van der Waals surface area contributed by atoms with Crippen molar-refractivity contribution < 1.29 is 14.3 Å². The number of carbonyl (C=O) groups excluding carboxylic acids is 1. The minimum atomic E-state index is -0.192. The van der Waals surface area contributed by atoms with Crippen molar-refractivity contribution in [3.63, 3.8) is 0 Å². The SMILES string of the molecule is CN1CCN(c2cncc(C(=O)Nc3ccc4c(c3)OCO4)c2)CC1. The first-order valence-corrected chi connectivity index (χ1v) is 8.28. The maximum atomic E-state index is 12.6. The molecule has 7 heteroatoms. The molecule has 0 spiro atoms. The Morgan fingerprint density at radius 1 is 1.08 bits per heavy atom. The van der Waals surface area contributed by atoms with E-state index in [0.29, 0.717) is 22.7 Å². The average Bonchev–Trinajstić information content (AvgIpc) is 3.10. The van der Waals surface area contributed by atoms with Crippen molar-refractivity contribution in [1.29, 1.82) is 0 Å². The Kier molecular flexibility index (Phi) is 4.15. The van der Waals surface area contributed by atoms with Gasteiger partial charge in [-0.15, -0.1) is 0 Å². The van der Waals surface area contributed by atoms with Crippen LogP contribution in [0.25, 0.3) is 0 Å². The fraction of sp³-hybridized carbons (Fsp3) is 0.333. The van der Waals surface area contributed by atoms with Crippen LogP contribution in [0.4, 0.5) is 11.4 Å². The summed E-state index contributed by atoms with van der Waals surface area (Å²) < 4.78 is 10.6. The van der Waals surface area contributed by atoms with Gasteiger partial charge in [-0.25, -0.2) is 0 Å². The molecular weight excluding hydrogens is 320 g/mol. The third-order valence-corrected chi connectivity index (χ3v) is 4.48. The number of amides is 1. The highest BCUT2D eigenvalue weighted by Crippen LogP contribution is 2.34. The number of rotatable bonds is 3. The van der Waals surface area contributed by atoms with Gasteiger partial charge in [-0.3, -0.25) is 9.78 Å². The van der Waals surface area contributed by atoms with Gasteiger partial charge < -0.3 is 24.6 Å². The quantitative estimate of drug-likeness (QED) is 0.919. The van der Waals surface area contributed by atoms with Crippen LogP contribution in [0.15, 0.2) is 36.7 Å². The van der Waals surface area contributed by atoms with E-state index in [0.717, 1.165) is 31.9 Å². The summed E-state index contributed by atoms with van der Waals surface area (Å²) >= 11 is 0. The number of aromatic nitrogens is 1. The molecule has 0 unspecified atom stereocenters. The Bertz CT molecular complexity index is 788. The van der Waals surface area contributed by atoms with Crippen LogP contribution in [-0.2, 0) is 0 Å². The van der Waals surface area contributed by atoms with E-state index in [1.165, 1.54) is 0 Å². The van der Waals surface area contributed by atoms with Gasteiger partial charge in [-0.2, -0.15) is 0 Å². The van der Waals surface area contributed by atoms with E-state index in [-0.39, 0.29) is 12.7 Å². The van der Waals surface area contributed by atoms with Crippen LogP contribution in [-0.4, -0.2) is 55.8 Å². The van der Waals surface area contributed by atoms with E-state index < -0.39 is 0 Å². The molecule has 0 radical (unpaired) electrons. The zero-order valence-corrected chi connectivity index (χ0v) is 14.1. The molecule has 1 fully saturated rings. The highest BCUT2D eigenvalue weighted by molar-refractivity contribution is 6.04. The maximum Gasteiger partial charge on any atom is 0.257 e. The third kappa shape index (κ3) is 3.36. The van der Waals surface area contributed by atoms with Crippen LogP contribution >= 0.6 is 0 Å². The number of hydrogen-bond acceptors (Lipinski definition) is 6. The molecule has 2 aliphatic heterocycles. The van der Waals surface area contributed by atoms with Crippen molar-refractivity contribution in [3.8, 4) is 11.5 Å². The number of carbonyl (C=O) groups is 1. The van der Waals surface area contributed by atoms with E-state index in [1.54, 1.807) is 24.4 Å². The highest BCUT2D eigenvalue weighted by atomic mass is 16.7. The number of benzene rings is 1. The summed E-state index contributed by atoms with van der Waals surface area (Å²) in [5.74, 6) is 1.14. The van der Waals surface area contributed by atoms with E-state index in [1.807, 2.05) is 12.3 Å². The number of hydrogen-bond donors (Lipinski definition) is 1. The molecule has 7 nitrogen and oxygen atoms in total. The molecule has 0 bridgehead atoms. The molecular formula is C18H20N4O3. The number of fused-ring (bicyclic) bond motifs is 1. The highest BCUT2D eigenvalue weighted by Gasteiger charge is 2.17. The third-order valence-electron chi connectivity index (χ3n) is 4.48. The van der Waals surface area contributed by atoms with E-state index in [9.17, 15) is 4.79 Å². The predicted molar refractivity (Wildman–Crippen MR) is 94.5 cm³/mol. The summed E-state index contributed by atoms with van der Waals surface area (Å²) in [6.45, 7) is 4.10. The van der Waals surface area contributed by atoms with Crippen molar-refractivity contribution in [2.24, 2.45) is 0 Å². The molecule has 4 rings (SSSR count). The lowest BCUT2D eigenvalue weighted by molar-refractivity contribution is 0.102. The van der Waals surface area contributed by atoms with Gasteiger partial charge >= 0.3 is 0 Å². The topological polar surface area (TPSA) is 66.9 Å². The van der Waals surface area contributed by atoms with E-state index in [4.69, 9.17) is 9.47 Å². The van der Waals surface area contributed by atoms with Gasteiger partial charge in [0.1, 0.15) is 0 Å². The summed E-state index contributed by atoms with van der Waals surface area (Å²) in [6.07, 6.45) is 3.39. The second kappa shape index (κ2) is 6.60. The summed E-state index contributed by atoms with van der Waals surface area (Å²) in [5, 5.41) is 2.88. The summed E-state index contributed by atoms with van der Waals surface area (Å²) in [4.78, 5) is 21.3. The fourth-order valence-corrected chi connectivity index (χ4v) is 2.97. The van der Waals surface area contributed by atoms with Gasteiger partial charge in [0.15, 0.2) is 11.5 Å². The lowest BCUT2D eigenvalue weighted by atomic mass is 10.2. The normalized spacial score (nSPS) is 16.8. The first-order valence-electron chi connectivity index (χ1n) is 8.28. The van der Waals surface area contributed by atoms with Gasteiger partial charge in [0.05, 0.1) is 17.4 Å². The predicted octanol–water partition coefficient (Wildman–Crippen LogP) is 1.81. The molecule has 25 heavy (non-hydrogen) atoms. The largest absolute Gasteiger partial charge is 0.454 e. The van der Waals surface area contributed by atoms with Crippen molar-refractivity contribution in [3.05, 3.63) is 42.2 Å². The second-order valence-electron chi connectivity index (χ2n) is 6.24. The number of nitrogens with zero attached hydrogens (tertiary/aromatic N) is 3. The summed E-state index contributed by atoms with van der Waals surface area (Å²) in [7, 11) is 2.12. The summed E-state index contributed by atoms with van der Waals surface area (Å²) in [5.41, 5.74) is 2.18. The first-order chi connectivity index (χ1) is 12.2. The van der Waals surface area contributed by atoms with Crippen LogP contribution in [0.3, 0.4) is 0 Å². The fourth-order valence-electron chi connectivity index (χ4n) is 2.97. The molecule has 0 saturated carbocycles. The van der Waals surface area contributed by atoms with Crippen LogP contribution < -0.4 is 19.7 Å². The lowest BCUT2D eigenvalue weighted by Crippen LogP contribution is -2.44. The molecule has 2 aromatic rings. The zero-order valence-electron chi connectivity index (χ0n) is 14.1. The minimum Gasteiger partial charge on any atom is -0.454 e. The zero-order chi connectivity index (χ0) is 17.2. The van der Waals surface area contributed by atoms with Gasteiger partial charge in [0.25, 0.3) is 5.91 Å². The average molecular weight is 340 g/mol. The number of likely N-dealkylation sites (N-methyl/N-ethyl adjacent to an activating group) is 1. The molecule has 3 heterocycles. The van der Waals surface area contributed by atoms with E-state index >= 15 is 0 Å². The number of pyridine rings is 1. The molecule has 1 N–H and O–H groups in total. The van der Waals surface area contributed by atoms with Crippen molar-refractivity contribution in [1.82, 2.24) is 9.88 Å². The molecule has 1 aromatic heterocycles. The van der Waals surface area contributed by atoms with Gasteiger partial charge in [0, 0.05) is 44.1 Å². The molecule has 1 amide bonds. The number of ether oxygens (including phenoxy) is 2. The smallest absolute Gasteiger partial charge is 0.257 e. The maximum absolute atomic E-state index is 12.6. The second-order valence-corrected chi connectivity index (χ2v) is 6.24. The molecule has 1 aromatic carbocycles. The molecule has 2 aliphatic rings. The van der Waals surface area contributed by atoms with Crippen molar-refractivity contribution in [2.75, 3.05) is 50.2 Å². The first kappa shape index (κ1) is 15.7. The molecule has 0 aliphatic carbocycles. The number of nitrogens with one attached hydrogen (secondary N) is 1. The van der Waals surface area contributed by atoms with Crippen molar-refractivity contribution in [2.45, 2.75) is 0 Å². The van der Waals surface area contributed by atoms with E-state index in [2.05, 4.69) is 27.1 Å².